The first kappa shape index (κ1) is 27.8. The molecule has 2 fully saturated rings. The molecule has 1 atom stereocenters. The summed E-state index contributed by atoms with van der Waals surface area (Å²) in [6.45, 7) is 12.1. The van der Waals surface area contributed by atoms with Crippen molar-refractivity contribution < 1.29 is 19.1 Å². The average molecular weight is 526 g/mol. The van der Waals surface area contributed by atoms with E-state index in [4.69, 9.17) is 0 Å². The summed E-state index contributed by atoms with van der Waals surface area (Å²) < 4.78 is 13.4. The van der Waals surface area contributed by atoms with Crippen molar-refractivity contribution in [1.82, 2.24) is 14.8 Å². The number of piperidine rings is 1. The molecule has 0 bridgehead atoms. The highest BCUT2D eigenvalue weighted by Gasteiger charge is 2.48. The number of hydrogen-bond donors (Lipinski definition) is 1. The highest BCUT2D eigenvalue weighted by atomic mass is 19.1. The molecular weight excluding hydrogens is 485 g/mol. The van der Waals surface area contributed by atoms with E-state index < -0.39 is 17.8 Å². The summed E-state index contributed by atoms with van der Waals surface area (Å²) >= 11 is 0. The van der Waals surface area contributed by atoms with Crippen LogP contribution >= 0.6 is 0 Å². The van der Waals surface area contributed by atoms with Gasteiger partial charge in [0.25, 0.3) is 5.91 Å². The van der Waals surface area contributed by atoms with Crippen LogP contribution in [-0.4, -0.2) is 83.4 Å². The first-order valence-corrected chi connectivity index (χ1v) is 13.3. The summed E-state index contributed by atoms with van der Waals surface area (Å²) in [5.41, 5.74) is 1.67. The molecule has 2 saturated heterocycles. The number of aromatic nitrogens is 1. The molecule has 2 aliphatic rings. The number of halogens is 1. The maximum Gasteiger partial charge on any atom is 0.407 e. The Labute approximate surface area is 225 Å². The van der Waals surface area contributed by atoms with Crippen LogP contribution in [0.2, 0.25) is 0 Å². The quantitative estimate of drug-likeness (QED) is 0.598. The average Bonchev–Trinajstić information content (AvgIpc) is 2.88. The standard InChI is InChI=1S/C29H40FN5O3/c1-28(2,3)29(4)20-33(16-17-35(29)27(37)38)19-21-6-9-24(10-7-21)32(5)26(36)22-8-11-25(31-18-22)34-14-12-23(30)13-15-34/h6-11,18,23H,12-17,19-20H2,1-5H3,(H,37,38)/t29-/m1/s1. The van der Waals surface area contributed by atoms with Gasteiger partial charge in [-0.15, -0.1) is 0 Å². The van der Waals surface area contributed by atoms with E-state index in [0.29, 0.717) is 57.7 Å². The zero-order chi connectivity index (χ0) is 27.7. The second-order valence-electron chi connectivity index (χ2n) is 11.8. The van der Waals surface area contributed by atoms with Crippen LogP contribution in [0.1, 0.15) is 56.5 Å². The van der Waals surface area contributed by atoms with Gasteiger partial charge in [-0.2, -0.15) is 0 Å². The van der Waals surface area contributed by atoms with Gasteiger partial charge in [-0.3, -0.25) is 14.6 Å². The lowest BCUT2D eigenvalue weighted by molar-refractivity contribution is -0.0462. The lowest BCUT2D eigenvalue weighted by atomic mass is 9.72. The van der Waals surface area contributed by atoms with E-state index in [-0.39, 0.29) is 11.3 Å². The number of amides is 2. The Bertz CT molecular complexity index is 1130. The molecule has 206 valence electrons. The number of carboxylic acid groups (broad SMARTS) is 1. The maximum atomic E-state index is 13.4. The number of hydrogen-bond acceptors (Lipinski definition) is 5. The number of piperazine rings is 1. The zero-order valence-corrected chi connectivity index (χ0v) is 23.2. The van der Waals surface area contributed by atoms with Gasteiger partial charge >= 0.3 is 6.09 Å². The van der Waals surface area contributed by atoms with Crippen LogP contribution in [0.4, 0.5) is 20.7 Å². The van der Waals surface area contributed by atoms with E-state index in [1.807, 2.05) is 37.3 Å². The maximum absolute atomic E-state index is 13.4. The first-order valence-electron chi connectivity index (χ1n) is 13.3. The summed E-state index contributed by atoms with van der Waals surface area (Å²) in [5.74, 6) is 0.622. The number of rotatable bonds is 5. The Hall–Kier alpha value is -3.20. The number of pyridine rings is 1. The Morgan fingerprint density at radius 3 is 2.29 bits per heavy atom. The third kappa shape index (κ3) is 5.77. The largest absolute Gasteiger partial charge is 0.465 e. The molecule has 0 spiro atoms. The molecule has 2 aliphatic heterocycles. The van der Waals surface area contributed by atoms with Crippen LogP contribution in [0.5, 0.6) is 0 Å². The Balaban J connectivity index is 1.38. The summed E-state index contributed by atoms with van der Waals surface area (Å²) in [7, 11) is 1.75. The summed E-state index contributed by atoms with van der Waals surface area (Å²) in [4.78, 5) is 37.0. The van der Waals surface area contributed by atoms with Crippen molar-refractivity contribution in [2.24, 2.45) is 5.41 Å². The Kier molecular flexibility index (Phi) is 7.97. The van der Waals surface area contributed by atoms with Crippen molar-refractivity contribution in [2.75, 3.05) is 49.6 Å². The van der Waals surface area contributed by atoms with Crippen molar-refractivity contribution in [3.63, 3.8) is 0 Å². The molecule has 1 N–H and O–H groups in total. The molecule has 9 heteroatoms. The SMILES string of the molecule is CN(C(=O)c1ccc(N2CCC(F)CC2)nc1)c1ccc(CN2CCN(C(=O)O)[C@@](C)(C(C)(C)C)C2)cc1. The number of carbonyl (C=O) groups excluding carboxylic acids is 1. The first-order chi connectivity index (χ1) is 17.9. The molecule has 8 nitrogen and oxygen atoms in total. The van der Waals surface area contributed by atoms with Crippen LogP contribution in [0.25, 0.3) is 0 Å². The van der Waals surface area contributed by atoms with E-state index in [0.717, 1.165) is 17.1 Å². The van der Waals surface area contributed by atoms with E-state index in [9.17, 15) is 19.1 Å². The lowest BCUT2D eigenvalue weighted by Gasteiger charge is -2.54. The second-order valence-corrected chi connectivity index (χ2v) is 11.8. The summed E-state index contributed by atoms with van der Waals surface area (Å²) in [6, 6.07) is 11.5. The number of nitrogens with zero attached hydrogens (tertiary/aromatic N) is 5. The molecule has 0 aliphatic carbocycles. The predicted octanol–water partition coefficient (Wildman–Crippen LogP) is 4.90. The monoisotopic (exact) mass is 525 g/mol. The minimum absolute atomic E-state index is 0.148. The number of anilines is 2. The summed E-state index contributed by atoms with van der Waals surface area (Å²) in [6.07, 6.45) is 1.00. The predicted molar refractivity (Wildman–Crippen MR) is 148 cm³/mol. The van der Waals surface area contributed by atoms with Gasteiger partial charge in [0.05, 0.1) is 11.1 Å². The molecule has 1 aromatic heterocycles. The van der Waals surface area contributed by atoms with E-state index in [1.54, 1.807) is 29.1 Å². The molecule has 0 saturated carbocycles. The van der Waals surface area contributed by atoms with Crippen LogP contribution < -0.4 is 9.80 Å². The van der Waals surface area contributed by atoms with Gasteiger partial charge in [0.2, 0.25) is 0 Å². The van der Waals surface area contributed by atoms with E-state index in [2.05, 4.69) is 35.6 Å². The van der Waals surface area contributed by atoms with Gasteiger partial charge in [-0.1, -0.05) is 32.9 Å². The van der Waals surface area contributed by atoms with Gasteiger partial charge in [0, 0.05) is 58.2 Å². The van der Waals surface area contributed by atoms with E-state index in [1.165, 1.54) is 0 Å². The molecule has 2 amide bonds. The van der Waals surface area contributed by atoms with Gasteiger partial charge < -0.3 is 14.9 Å². The molecule has 38 heavy (non-hydrogen) atoms. The van der Waals surface area contributed by atoms with Crippen LogP contribution in [0.15, 0.2) is 42.6 Å². The van der Waals surface area contributed by atoms with Crippen LogP contribution in [0, 0.1) is 5.41 Å². The number of alkyl halides is 1. The smallest absolute Gasteiger partial charge is 0.407 e. The van der Waals surface area contributed by atoms with Crippen LogP contribution in [-0.2, 0) is 6.54 Å². The van der Waals surface area contributed by atoms with Crippen molar-refractivity contribution in [3.8, 4) is 0 Å². The highest BCUT2D eigenvalue weighted by molar-refractivity contribution is 6.05. The normalized spacial score (nSPS) is 21.4. The molecule has 1 aromatic carbocycles. The van der Waals surface area contributed by atoms with Crippen molar-refractivity contribution in [3.05, 3.63) is 53.7 Å². The fourth-order valence-electron chi connectivity index (χ4n) is 5.34. The third-order valence-corrected chi connectivity index (χ3v) is 8.39. The molecule has 0 radical (unpaired) electrons. The summed E-state index contributed by atoms with van der Waals surface area (Å²) in [5, 5.41) is 9.76. The fourth-order valence-corrected chi connectivity index (χ4v) is 5.34. The molecule has 3 heterocycles. The Morgan fingerprint density at radius 2 is 1.74 bits per heavy atom. The second kappa shape index (κ2) is 10.9. The van der Waals surface area contributed by atoms with Crippen molar-refractivity contribution in [1.29, 1.82) is 0 Å². The van der Waals surface area contributed by atoms with Gasteiger partial charge in [0.1, 0.15) is 12.0 Å². The Morgan fingerprint density at radius 1 is 1.08 bits per heavy atom. The minimum atomic E-state index is -0.870. The minimum Gasteiger partial charge on any atom is -0.465 e. The fraction of sp³-hybridized carbons (Fsp3) is 0.552. The topological polar surface area (TPSA) is 80.2 Å². The number of benzene rings is 1. The van der Waals surface area contributed by atoms with Gasteiger partial charge in [0.15, 0.2) is 0 Å². The third-order valence-electron chi connectivity index (χ3n) is 8.39. The van der Waals surface area contributed by atoms with Crippen molar-refractivity contribution in [2.45, 2.75) is 58.8 Å². The van der Waals surface area contributed by atoms with Crippen molar-refractivity contribution >= 4 is 23.5 Å². The van der Waals surface area contributed by atoms with Gasteiger partial charge in [-0.05, 0) is 55.0 Å². The zero-order valence-electron chi connectivity index (χ0n) is 23.2. The lowest BCUT2D eigenvalue weighted by Crippen LogP contribution is -2.67. The molecule has 2 aromatic rings. The molecule has 0 unspecified atom stereocenters. The van der Waals surface area contributed by atoms with Gasteiger partial charge in [-0.25, -0.2) is 14.2 Å². The number of carbonyl (C=O) groups is 2. The van der Waals surface area contributed by atoms with E-state index >= 15 is 0 Å². The van der Waals surface area contributed by atoms with Crippen LogP contribution in [0.3, 0.4) is 0 Å². The molecule has 4 rings (SSSR count). The highest BCUT2D eigenvalue weighted by Crippen LogP contribution is 2.38. The molecular formula is C29H40FN5O3.